The second kappa shape index (κ2) is 4.01. The van der Waals surface area contributed by atoms with Gasteiger partial charge in [-0.2, -0.15) is 4.52 Å². The van der Waals surface area contributed by atoms with E-state index in [1.54, 1.807) is 16.9 Å². The first-order valence-corrected chi connectivity index (χ1v) is 5.33. The van der Waals surface area contributed by atoms with Crippen molar-refractivity contribution in [3.05, 3.63) is 12.4 Å². The summed E-state index contributed by atoms with van der Waals surface area (Å²) in [7, 11) is 0. The van der Waals surface area contributed by atoms with E-state index in [0.717, 1.165) is 25.9 Å². The molecule has 3 rings (SSSR count). The van der Waals surface area contributed by atoms with E-state index in [4.69, 9.17) is 4.74 Å². The SMILES string of the molecule is c1ncc2nnnn2c1OC1CCCNC1. The minimum Gasteiger partial charge on any atom is -0.472 e. The summed E-state index contributed by atoms with van der Waals surface area (Å²) in [5, 5.41) is 14.5. The molecule has 0 aromatic carbocycles. The fraction of sp³-hybridized carbons (Fsp3) is 0.556. The summed E-state index contributed by atoms with van der Waals surface area (Å²) in [4.78, 5) is 4.04. The van der Waals surface area contributed by atoms with Crippen molar-refractivity contribution < 1.29 is 4.74 Å². The number of hydrogen-bond donors (Lipinski definition) is 1. The molecule has 0 radical (unpaired) electrons. The lowest BCUT2D eigenvalue weighted by atomic mass is 10.1. The molecule has 1 unspecified atom stereocenters. The van der Waals surface area contributed by atoms with Gasteiger partial charge >= 0.3 is 0 Å². The third-order valence-corrected chi connectivity index (χ3v) is 2.62. The van der Waals surface area contributed by atoms with E-state index in [1.807, 2.05) is 0 Å². The first kappa shape index (κ1) is 9.46. The molecule has 7 heteroatoms. The Labute approximate surface area is 91.8 Å². The van der Waals surface area contributed by atoms with Crippen LogP contribution in [0.15, 0.2) is 12.4 Å². The van der Waals surface area contributed by atoms with Gasteiger partial charge in [-0.15, -0.1) is 5.10 Å². The zero-order valence-corrected chi connectivity index (χ0v) is 8.70. The molecule has 1 atom stereocenters. The highest BCUT2D eigenvalue weighted by atomic mass is 16.5. The summed E-state index contributed by atoms with van der Waals surface area (Å²) >= 11 is 0. The molecule has 3 heterocycles. The van der Waals surface area contributed by atoms with E-state index >= 15 is 0 Å². The lowest BCUT2D eigenvalue weighted by Gasteiger charge is -2.23. The second-order valence-electron chi connectivity index (χ2n) is 3.78. The molecule has 0 bridgehead atoms. The zero-order valence-electron chi connectivity index (χ0n) is 8.70. The number of ether oxygens (including phenoxy) is 1. The standard InChI is InChI=1S/C9H12N6O/c1-2-7(4-10-3-1)16-9-6-11-5-8-12-13-14-15(8)9/h5-7,10H,1-4H2. The number of nitrogens with zero attached hydrogens (tertiary/aromatic N) is 5. The van der Waals surface area contributed by atoms with Gasteiger partial charge in [-0.1, -0.05) is 0 Å². The van der Waals surface area contributed by atoms with Crippen LogP contribution in [0.25, 0.3) is 5.65 Å². The van der Waals surface area contributed by atoms with Gasteiger partial charge in [-0.25, -0.2) is 0 Å². The molecule has 1 N–H and O–H groups in total. The average Bonchev–Trinajstić information content (AvgIpc) is 2.80. The largest absolute Gasteiger partial charge is 0.472 e. The number of nitrogens with one attached hydrogen (secondary N) is 1. The van der Waals surface area contributed by atoms with Gasteiger partial charge in [0, 0.05) is 6.54 Å². The van der Waals surface area contributed by atoms with E-state index in [0.29, 0.717) is 11.5 Å². The van der Waals surface area contributed by atoms with Crippen LogP contribution in [-0.4, -0.2) is 44.2 Å². The number of tetrazole rings is 1. The molecule has 0 spiro atoms. The molecule has 1 aliphatic rings. The third kappa shape index (κ3) is 1.69. The molecule has 1 saturated heterocycles. The Morgan fingerprint density at radius 3 is 3.31 bits per heavy atom. The highest BCUT2D eigenvalue weighted by Crippen LogP contribution is 2.14. The fourth-order valence-electron chi connectivity index (χ4n) is 1.83. The Hall–Kier alpha value is -1.76. The Morgan fingerprint density at radius 1 is 1.44 bits per heavy atom. The maximum absolute atomic E-state index is 5.82. The smallest absolute Gasteiger partial charge is 0.237 e. The molecule has 2 aromatic heterocycles. The monoisotopic (exact) mass is 220 g/mol. The number of hydrogen-bond acceptors (Lipinski definition) is 6. The predicted octanol–water partition coefficient (Wildman–Crippen LogP) is -0.350. The maximum atomic E-state index is 5.82. The highest BCUT2D eigenvalue weighted by Gasteiger charge is 2.16. The van der Waals surface area contributed by atoms with Crippen molar-refractivity contribution in [1.29, 1.82) is 0 Å². The lowest BCUT2D eigenvalue weighted by Crippen LogP contribution is -2.37. The molecule has 0 amide bonds. The van der Waals surface area contributed by atoms with E-state index in [-0.39, 0.29) is 6.10 Å². The van der Waals surface area contributed by atoms with Gasteiger partial charge in [0.05, 0.1) is 12.4 Å². The fourth-order valence-corrected chi connectivity index (χ4v) is 1.83. The van der Waals surface area contributed by atoms with Gasteiger partial charge in [0.1, 0.15) is 6.10 Å². The van der Waals surface area contributed by atoms with E-state index in [1.165, 1.54) is 0 Å². The van der Waals surface area contributed by atoms with Gasteiger partial charge < -0.3 is 10.1 Å². The van der Waals surface area contributed by atoms with Crippen LogP contribution < -0.4 is 10.1 Å². The van der Waals surface area contributed by atoms with Crippen molar-refractivity contribution in [1.82, 2.24) is 30.3 Å². The van der Waals surface area contributed by atoms with Crippen molar-refractivity contribution in [2.45, 2.75) is 18.9 Å². The molecule has 0 aliphatic carbocycles. The molecule has 7 nitrogen and oxygen atoms in total. The minimum atomic E-state index is 0.172. The van der Waals surface area contributed by atoms with Gasteiger partial charge in [0.25, 0.3) is 0 Å². The van der Waals surface area contributed by atoms with Crippen molar-refractivity contribution in [2.75, 3.05) is 13.1 Å². The Balaban J connectivity index is 1.85. The molecule has 84 valence electrons. The summed E-state index contributed by atoms with van der Waals surface area (Å²) in [5.41, 5.74) is 0.598. The molecular weight excluding hydrogens is 208 g/mol. The second-order valence-corrected chi connectivity index (χ2v) is 3.78. The molecular formula is C9H12N6O. The molecule has 2 aromatic rings. The van der Waals surface area contributed by atoms with Crippen LogP contribution in [0.3, 0.4) is 0 Å². The Morgan fingerprint density at radius 2 is 2.44 bits per heavy atom. The van der Waals surface area contributed by atoms with E-state index in [2.05, 4.69) is 25.8 Å². The van der Waals surface area contributed by atoms with E-state index < -0.39 is 0 Å². The summed E-state index contributed by atoms with van der Waals surface area (Å²) in [6, 6.07) is 0. The van der Waals surface area contributed by atoms with Crippen LogP contribution in [0, 0.1) is 0 Å². The number of piperidine rings is 1. The lowest BCUT2D eigenvalue weighted by molar-refractivity contribution is 0.156. The average molecular weight is 220 g/mol. The van der Waals surface area contributed by atoms with Crippen molar-refractivity contribution in [3.8, 4) is 5.88 Å². The summed E-state index contributed by atoms with van der Waals surface area (Å²) < 4.78 is 7.38. The molecule has 1 fully saturated rings. The highest BCUT2D eigenvalue weighted by molar-refractivity contribution is 5.34. The first-order valence-electron chi connectivity index (χ1n) is 5.33. The summed E-state index contributed by atoms with van der Waals surface area (Å²) in [6.45, 7) is 1.92. The van der Waals surface area contributed by atoms with Gasteiger partial charge in [-0.3, -0.25) is 4.98 Å². The number of rotatable bonds is 2. The van der Waals surface area contributed by atoms with E-state index in [9.17, 15) is 0 Å². The third-order valence-electron chi connectivity index (χ3n) is 2.62. The van der Waals surface area contributed by atoms with Crippen LogP contribution in [-0.2, 0) is 0 Å². The summed E-state index contributed by atoms with van der Waals surface area (Å²) in [6.07, 6.45) is 5.59. The van der Waals surface area contributed by atoms with Gasteiger partial charge in [-0.05, 0) is 29.8 Å². The Bertz CT molecular complexity index is 478. The minimum absolute atomic E-state index is 0.172. The maximum Gasteiger partial charge on any atom is 0.237 e. The van der Waals surface area contributed by atoms with Crippen LogP contribution in [0.1, 0.15) is 12.8 Å². The zero-order chi connectivity index (χ0) is 10.8. The number of aromatic nitrogens is 5. The van der Waals surface area contributed by atoms with Crippen LogP contribution in [0.2, 0.25) is 0 Å². The van der Waals surface area contributed by atoms with Crippen molar-refractivity contribution in [3.63, 3.8) is 0 Å². The van der Waals surface area contributed by atoms with Gasteiger partial charge in [0.15, 0.2) is 0 Å². The first-order chi connectivity index (χ1) is 7.93. The quantitative estimate of drug-likeness (QED) is 0.745. The molecule has 1 aliphatic heterocycles. The molecule has 16 heavy (non-hydrogen) atoms. The van der Waals surface area contributed by atoms with Gasteiger partial charge in [0.2, 0.25) is 11.5 Å². The topological polar surface area (TPSA) is 77.2 Å². The summed E-state index contributed by atoms with van der Waals surface area (Å²) in [5.74, 6) is 0.594. The predicted molar refractivity (Wildman–Crippen MR) is 55.1 cm³/mol. The van der Waals surface area contributed by atoms with Crippen LogP contribution in [0.5, 0.6) is 5.88 Å². The van der Waals surface area contributed by atoms with Crippen LogP contribution >= 0.6 is 0 Å². The van der Waals surface area contributed by atoms with Crippen LogP contribution in [0.4, 0.5) is 0 Å². The van der Waals surface area contributed by atoms with Crippen molar-refractivity contribution in [2.24, 2.45) is 0 Å². The number of fused-ring (bicyclic) bond motifs is 1. The Kier molecular flexibility index (Phi) is 2.37. The van der Waals surface area contributed by atoms with Crippen molar-refractivity contribution >= 4 is 5.65 Å². The molecule has 0 saturated carbocycles. The normalized spacial score (nSPS) is 21.1.